The largest absolute Gasteiger partial charge is 0.481 e. The number of nitrogens with zero attached hydrogens (tertiary/aromatic N) is 1. The van der Waals surface area contributed by atoms with E-state index in [-0.39, 0.29) is 18.2 Å². The van der Waals surface area contributed by atoms with Crippen LogP contribution in [0.3, 0.4) is 0 Å². The highest BCUT2D eigenvalue weighted by atomic mass is 35.5. The third kappa shape index (κ3) is 2.97. The molecule has 1 fully saturated rings. The molecule has 0 bridgehead atoms. The Balaban J connectivity index is 0.00000144. The third-order valence-electron chi connectivity index (χ3n) is 2.25. The number of carbonyl (C=O) groups is 2. The number of carbonyl (C=O) groups excluding carboxylic acids is 1. The van der Waals surface area contributed by atoms with E-state index >= 15 is 0 Å². The molecule has 1 unspecified atom stereocenters. The summed E-state index contributed by atoms with van der Waals surface area (Å²) in [5, 5.41) is 8.67. The topological polar surface area (TPSA) is 57.6 Å². The van der Waals surface area contributed by atoms with Crippen molar-refractivity contribution in [1.29, 1.82) is 0 Å². The van der Waals surface area contributed by atoms with Gasteiger partial charge in [-0.3, -0.25) is 9.59 Å². The molecule has 0 aromatic heterocycles. The Morgan fingerprint density at radius 3 is 2.77 bits per heavy atom. The lowest BCUT2D eigenvalue weighted by atomic mass is 9.97. The number of rotatable bonds is 2. The van der Waals surface area contributed by atoms with E-state index in [4.69, 9.17) is 5.11 Å². The Bertz CT molecular complexity index is 208. The van der Waals surface area contributed by atoms with Crippen LogP contribution in [-0.4, -0.2) is 41.4 Å². The average molecular weight is 208 g/mol. The number of halogens is 1. The summed E-state index contributed by atoms with van der Waals surface area (Å²) >= 11 is 0. The first kappa shape index (κ1) is 12.4. The Labute approximate surface area is 83.3 Å². The maximum atomic E-state index is 11.1. The van der Waals surface area contributed by atoms with Gasteiger partial charge < -0.3 is 10.0 Å². The van der Waals surface area contributed by atoms with Crippen molar-refractivity contribution in [2.24, 2.45) is 5.92 Å². The lowest BCUT2D eigenvalue weighted by molar-refractivity contribution is -0.148. The van der Waals surface area contributed by atoms with E-state index < -0.39 is 11.9 Å². The fraction of sp³-hybridized carbons (Fsp3) is 0.750. The molecule has 4 nitrogen and oxygen atoms in total. The Hall–Kier alpha value is -0.610. The molecule has 0 amide bonds. The van der Waals surface area contributed by atoms with Gasteiger partial charge in [0.2, 0.25) is 0 Å². The fourth-order valence-corrected chi connectivity index (χ4v) is 1.40. The zero-order chi connectivity index (χ0) is 9.14. The maximum absolute atomic E-state index is 11.1. The first-order valence-electron chi connectivity index (χ1n) is 4.13. The molecular weight excluding hydrogens is 194 g/mol. The van der Waals surface area contributed by atoms with Gasteiger partial charge in [0.15, 0.2) is 0 Å². The van der Waals surface area contributed by atoms with E-state index in [1.807, 2.05) is 11.8 Å². The van der Waals surface area contributed by atoms with Gasteiger partial charge in [0.1, 0.15) is 11.7 Å². The third-order valence-corrected chi connectivity index (χ3v) is 2.25. The molecule has 5 heteroatoms. The molecule has 0 aliphatic carbocycles. The second-order valence-corrected chi connectivity index (χ2v) is 3.00. The molecular formula is C8H14ClNO3. The summed E-state index contributed by atoms with van der Waals surface area (Å²) in [6.07, 6.45) is 0.380. The summed E-state index contributed by atoms with van der Waals surface area (Å²) in [4.78, 5) is 23.7. The molecule has 0 saturated carbocycles. The number of hydrogen-bond donors (Lipinski definition) is 1. The van der Waals surface area contributed by atoms with Crippen molar-refractivity contribution in [2.75, 3.05) is 19.6 Å². The molecule has 0 spiro atoms. The number of carboxylic acids is 1. The number of carboxylic acid groups (broad SMARTS) is 1. The molecule has 1 aliphatic rings. The Morgan fingerprint density at radius 1 is 1.69 bits per heavy atom. The number of piperidine rings is 1. The minimum absolute atomic E-state index is 0. The molecule has 0 aromatic carbocycles. The molecule has 1 saturated heterocycles. The molecule has 0 aromatic rings. The maximum Gasteiger partial charge on any atom is 0.315 e. The second-order valence-electron chi connectivity index (χ2n) is 3.00. The number of ketones is 1. The van der Waals surface area contributed by atoms with Crippen molar-refractivity contribution in [2.45, 2.75) is 13.3 Å². The number of Topliss-reactive ketones (excluding diaryl/α,β-unsaturated/α-hetero) is 1. The first-order chi connectivity index (χ1) is 5.65. The second kappa shape index (κ2) is 5.19. The van der Waals surface area contributed by atoms with Crippen LogP contribution < -0.4 is 0 Å². The lowest BCUT2D eigenvalue weighted by Crippen LogP contribution is -2.43. The van der Waals surface area contributed by atoms with Crippen LogP contribution in [0.5, 0.6) is 0 Å². The Morgan fingerprint density at radius 2 is 2.31 bits per heavy atom. The molecule has 1 heterocycles. The summed E-state index contributed by atoms with van der Waals surface area (Å²) in [6.45, 7) is 3.87. The highest BCUT2D eigenvalue weighted by Gasteiger charge is 2.31. The standard InChI is InChI=1S/C8H13NO3.ClH/c1-2-9-4-3-7(10)6(5-9)8(11)12;/h6H,2-5H2,1H3,(H,11,12);1H. The molecule has 1 N–H and O–H groups in total. The number of likely N-dealkylation sites (tertiary alicyclic amines) is 1. The van der Waals surface area contributed by atoms with Crippen LogP contribution in [-0.2, 0) is 9.59 Å². The van der Waals surface area contributed by atoms with Crippen molar-refractivity contribution in [3.63, 3.8) is 0 Å². The van der Waals surface area contributed by atoms with Crippen molar-refractivity contribution in [3.8, 4) is 0 Å². The van der Waals surface area contributed by atoms with Gasteiger partial charge in [0, 0.05) is 19.5 Å². The highest BCUT2D eigenvalue weighted by Crippen LogP contribution is 2.12. The van der Waals surface area contributed by atoms with Crippen LogP contribution in [0.25, 0.3) is 0 Å². The van der Waals surface area contributed by atoms with Gasteiger partial charge in [-0.1, -0.05) is 6.92 Å². The summed E-state index contributed by atoms with van der Waals surface area (Å²) in [6, 6.07) is 0. The predicted octanol–water partition coefficient (Wildman–Crippen LogP) is 0.404. The van der Waals surface area contributed by atoms with Crippen LogP contribution in [0.1, 0.15) is 13.3 Å². The number of aliphatic carboxylic acids is 1. The summed E-state index contributed by atoms with van der Waals surface area (Å²) in [5.74, 6) is -1.91. The average Bonchev–Trinajstić information content (AvgIpc) is 2.05. The highest BCUT2D eigenvalue weighted by molar-refractivity contribution is 5.99. The smallest absolute Gasteiger partial charge is 0.315 e. The summed E-state index contributed by atoms with van der Waals surface area (Å²) in [7, 11) is 0. The zero-order valence-corrected chi connectivity index (χ0v) is 8.34. The van der Waals surface area contributed by atoms with E-state index in [9.17, 15) is 9.59 Å². The van der Waals surface area contributed by atoms with Gasteiger partial charge in [-0.05, 0) is 6.54 Å². The molecule has 13 heavy (non-hydrogen) atoms. The quantitative estimate of drug-likeness (QED) is 0.667. The Kier molecular flexibility index (Phi) is 4.95. The fourth-order valence-electron chi connectivity index (χ4n) is 1.40. The molecule has 1 atom stereocenters. The van der Waals surface area contributed by atoms with Crippen LogP contribution in [0.2, 0.25) is 0 Å². The van der Waals surface area contributed by atoms with Gasteiger partial charge in [0.05, 0.1) is 0 Å². The first-order valence-corrected chi connectivity index (χ1v) is 4.13. The van der Waals surface area contributed by atoms with Gasteiger partial charge in [-0.2, -0.15) is 0 Å². The summed E-state index contributed by atoms with van der Waals surface area (Å²) in [5.41, 5.74) is 0. The summed E-state index contributed by atoms with van der Waals surface area (Å²) < 4.78 is 0. The van der Waals surface area contributed by atoms with Crippen molar-refractivity contribution < 1.29 is 14.7 Å². The normalized spacial score (nSPS) is 23.8. The van der Waals surface area contributed by atoms with E-state index in [1.54, 1.807) is 0 Å². The van der Waals surface area contributed by atoms with E-state index in [2.05, 4.69) is 0 Å². The van der Waals surface area contributed by atoms with Gasteiger partial charge in [-0.25, -0.2) is 0 Å². The predicted molar refractivity (Wildman–Crippen MR) is 50.1 cm³/mol. The van der Waals surface area contributed by atoms with E-state index in [1.165, 1.54) is 0 Å². The molecule has 1 rings (SSSR count). The molecule has 1 aliphatic heterocycles. The molecule has 76 valence electrons. The lowest BCUT2D eigenvalue weighted by Gasteiger charge is -2.28. The van der Waals surface area contributed by atoms with Gasteiger partial charge in [-0.15, -0.1) is 12.4 Å². The minimum Gasteiger partial charge on any atom is -0.481 e. The zero-order valence-electron chi connectivity index (χ0n) is 7.52. The van der Waals surface area contributed by atoms with Gasteiger partial charge >= 0.3 is 5.97 Å². The van der Waals surface area contributed by atoms with Crippen molar-refractivity contribution in [3.05, 3.63) is 0 Å². The van der Waals surface area contributed by atoms with E-state index in [0.717, 1.165) is 6.54 Å². The molecule has 0 radical (unpaired) electrons. The monoisotopic (exact) mass is 207 g/mol. The number of hydrogen-bond acceptors (Lipinski definition) is 3. The van der Waals surface area contributed by atoms with Crippen LogP contribution >= 0.6 is 12.4 Å². The minimum atomic E-state index is -0.988. The van der Waals surface area contributed by atoms with E-state index in [0.29, 0.717) is 19.5 Å². The van der Waals surface area contributed by atoms with Crippen molar-refractivity contribution in [1.82, 2.24) is 4.90 Å². The van der Waals surface area contributed by atoms with Crippen molar-refractivity contribution >= 4 is 24.2 Å². The van der Waals surface area contributed by atoms with Crippen LogP contribution in [0.4, 0.5) is 0 Å². The van der Waals surface area contributed by atoms with Crippen LogP contribution in [0.15, 0.2) is 0 Å². The van der Waals surface area contributed by atoms with Gasteiger partial charge in [0.25, 0.3) is 0 Å². The SMILES string of the molecule is CCN1CCC(=O)C(C(=O)O)C1.Cl. The van der Waals surface area contributed by atoms with Crippen LogP contribution in [0, 0.1) is 5.92 Å².